The summed E-state index contributed by atoms with van der Waals surface area (Å²) in [6.07, 6.45) is 1.63. The van der Waals surface area contributed by atoms with Gasteiger partial charge in [0.05, 0.1) is 0 Å². The maximum Gasteiger partial charge on any atom is 0.251 e. The fraction of sp³-hybridized carbons (Fsp3) is 0.308. The fourth-order valence-corrected chi connectivity index (χ4v) is 1.61. The Bertz CT molecular complexity index is 514. The SMILES string of the molecule is NC(=O)CCCCNC(=O)c1cccc(/C(N)=N/O)c1. The highest BCUT2D eigenvalue weighted by Crippen LogP contribution is 2.05. The monoisotopic (exact) mass is 278 g/mol. The first-order chi connectivity index (χ1) is 9.54. The topological polar surface area (TPSA) is 131 Å². The number of nitrogens with two attached hydrogens (primary N) is 2. The lowest BCUT2D eigenvalue weighted by molar-refractivity contribution is -0.118. The van der Waals surface area contributed by atoms with Crippen LogP contribution in [-0.2, 0) is 4.79 Å². The number of amidine groups is 1. The minimum Gasteiger partial charge on any atom is -0.409 e. The fourth-order valence-electron chi connectivity index (χ4n) is 1.61. The molecule has 0 atom stereocenters. The van der Waals surface area contributed by atoms with E-state index in [2.05, 4.69) is 10.5 Å². The Kier molecular flexibility index (Phi) is 6.02. The van der Waals surface area contributed by atoms with Gasteiger partial charge in [-0.25, -0.2) is 0 Å². The van der Waals surface area contributed by atoms with Crippen molar-refractivity contribution in [2.45, 2.75) is 19.3 Å². The molecule has 20 heavy (non-hydrogen) atoms. The Hall–Kier alpha value is -2.57. The third-order valence-corrected chi connectivity index (χ3v) is 2.66. The Morgan fingerprint density at radius 3 is 2.55 bits per heavy atom. The van der Waals surface area contributed by atoms with Crippen molar-refractivity contribution in [3.63, 3.8) is 0 Å². The number of oxime groups is 1. The molecule has 0 unspecified atom stereocenters. The number of unbranched alkanes of at least 4 members (excludes halogenated alkanes) is 1. The molecule has 0 heterocycles. The van der Waals surface area contributed by atoms with Crippen molar-refractivity contribution in [3.05, 3.63) is 35.4 Å². The van der Waals surface area contributed by atoms with Crippen LogP contribution in [0.5, 0.6) is 0 Å². The van der Waals surface area contributed by atoms with Gasteiger partial charge in [0.15, 0.2) is 5.84 Å². The number of carbonyl (C=O) groups excluding carboxylic acids is 2. The second-order valence-corrected chi connectivity index (χ2v) is 4.25. The highest BCUT2D eigenvalue weighted by Gasteiger charge is 2.07. The first-order valence-electron chi connectivity index (χ1n) is 6.19. The second-order valence-electron chi connectivity index (χ2n) is 4.25. The van der Waals surface area contributed by atoms with Gasteiger partial charge in [0.25, 0.3) is 5.91 Å². The lowest BCUT2D eigenvalue weighted by atomic mass is 10.1. The number of rotatable bonds is 7. The zero-order valence-corrected chi connectivity index (χ0v) is 11.0. The summed E-state index contributed by atoms with van der Waals surface area (Å²) in [6.45, 7) is 0.458. The molecule has 0 fully saturated rings. The molecule has 7 nitrogen and oxygen atoms in total. The molecular weight excluding hydrogens is 260 g/mol. The number of nitrogens with one attached hydrogen (secondary N) is 1. The minimum absolute atomic E-state index is 0.0545. The van der Waals surface area contributed by atoms with Gasteiger partial charge in [-0.15, -0.1) is 0 Å². The summed E-state index contributed by atoms with van der Waals surface area (Å²) < 4.78 is 0. The molecule has 1 aromatic rings. The van der Waals surface area contributed by atoms with Crippen LogP contribution >= 0.6 is 0 Å². The van der Waals surface area contributed by atoms with Crippen molar-refractivity contribution in [2.75, 3.05) is 6.54 Å². The van der Waals surface area contributed by atoms with E-state index >= 15 is 0 Å². The molecule has 0 saturated heterocycles. The number of carbonyl (C=O) groups is 2. The van der Waals surface area contributed by atoms with Gasteiger partial charge in [0.2, 0.25) is 5.91 Å². The highest BCUT2D eigenvalue weighted by molar-refractivity contribution is 6.01. The molecule has 6 N–H and O–H groups in total. The van der Waals surface area contributed by atoms with Crippen LogP contribution < -0.4 is 16.8 Å². The first-order valence-corrected chi connectivity index (χ1v) is 6.19. The van der Waals surface area contributed by atoms with Crippen molar-refractivity contribution >= 4 is 17.6 Å². The van der Waals surface area contributed by atoms with Gasteiger partial charge < -0.3 is 22.0 Å². The average molecular weight is 278 g/mol. The maximum atomic E-state index is 11.9. The van der Waals surface area contributed by atoms with E-state index in [1.807, 2.05) is 0 Å². The van der Waals surface area contributed by atoms with Crippen LogP contribution in [0.4, 0.5) is 0 Å². The molecule has 0 aliphatic heterocycles. The molecule has 0 aliphatic rings. The number of benzene rings is 1. The summed E-state index contributed by atoms with van der Waals surface area (Å²) >= 11 is 0. The first kappa shape index (κ1) is 15.5. The lowest BCUT2D eigenvalue weighted by Gasteiger charge is -2.06. The molecule has 0 aromatic heterocycles. The Labute approximate surface area is 116 Å². The van der Waals surface area contributed by atoms with Crippen LogP contribution in [0.3, 0.4) is 0 Å². The summed E-state index contributed by atoms with van der Waals surface area (Å²) in [5, 5.41) is 14.2. The number of hydrogen-bond acceptors (Lipinski definition) is 4. The molecule has 0 spiro atoms. The molecule has 0 bridgehead atoms. The second kappa shape index (κ2) is 7.78. The van der Waals surface area contributed by atoms with Crippen LogP contribution in [0.1, 0.15) is 35.2 Å². The smallest absolute Gasteiger partial charge is 0.251 e. The molecule has 0 aliphatic carbocycles. The van der Waals surface area contributed by atoms with Crippen molar-refractivity contribution in [1.82, 2.24) is 5.32 Å². The van der Waals surface area contributed by atoms with Gasteiger partial charge >= 0.3 is 0 Å². The van der Waals surface area contributed by atoms with E-state index in [9.17, 15) is 9.59 Å². The largest absolute Gasteiger partial charge is 0.409 e. The van der Waals surface area contributed by atoms with Crippen LogP contribution in [0.15, 0.2) is 29.4 Å². The van der Waals surface area contributed by atoms with Gasteiger partial charge in [0, 0.05) is 24.1 Å². The average Bonchev–Trinajstić information content (AvgIpc) is 2.45. The van der Waals surface area contributed by atoms with E-state index in [0.717, 1.165) is 0 Å². The minimum atomic E-state index is -0.345. The van der Waals surface area contributed by atoms with Gasteiger partial charge in [-0.2, -0.15) is 0 Å². The Morgan fingerprint density at radius 1 is 1.20 bits per heavy atom. The summed E-state index contributed by atoms with van der Waals surface area (Å²) in [4.78, 5) is 22.4. The number of hydrogen-bond donors (Lipinski definition) is 4. The number of nitrogens with zero attached hydrogens (tertiary/aromatic N) is 1. The van der Waals surface area contributed by atoms with E-state index in [-0.39, 0.29) is 17.6 Å². The van der Waals surface area contributed by atoms with E-state index in [1.165, 1.54) is 6.07 Å². The molecule has 0 saturated carbocycles. The lowest BCUT2D eigenvalue weighted by Crippen LogP contribution is -2.25. The predicted octanol–water partition coefficient (Wildman–Crippen LogP) is 0.166. The number of primary amides is 1. The zero-order chi connectivity index (χ0) is 15.0. The van der Waals surface area contributed by atoms with Crippen LogP contribution in [0.2, 0.25) is 0 Å². The maximum absolute atomic E-state index is 11.9. The quantitative estimate of drug-likeness (QED) is 0.186. The molecule has 1 aromatic carbocycles. The predicted molar refractivity (Wildman–Crippen MR) is 74.3 cm³/mol. The van der Waals surface area contributed by atoms with E-state index < -0.39 is 0 Å². The Balaban J connectivity index is 2.49. The van der Waals surface area contributed by atoms with Gasteiger partial charge in [0.1, 0.15) is 0 Å². The molecule has 1 rings (SSSR count). The third-order valence-electron chi connectivity index (χ3n) is 2.66. The van der Waals surface area contributed by atoms with Crippen LogP contribution in [0, 0.1) is 0 Å². The van der Waals surface area contributed by atoms with Crippen LogP contribution in [0.25, 0.3) is 0 Å². The normalized spacial score (nSPS) is 11.1. The molecule has 7 heteroatoms. The summed E-state index contributed by atoms with van der Waals surface area (Å²) in [5.41, 5.74) is 11.4. The summed E-state index contributed by atoms with van der Waals surface area (Å²) in [5.74, 6) is -0.652. The van der Waals surface area contributed by atoms with Crippen LogP contribution in [-0.4, -0.2) is 29.4 Å². The van der Waals surface area contributed by atoms with Crippen molar-refractivity contribution in [1.29, 1.82) is 0 Å². The highest BCUT2D eigenvalue weighted by atomic mass is 16.4. The third kappa shape index (κ3) is 4.97. The van der Waals surface area contributed by atoms with Gasteiger partial charge in [-0.05, 0) is 25.0 Å². The summed E-state index contributed by atoms with van der Waals surface area (Å²) in [6, 6.07) is 6.45. The zero-order valence-electron chi connectivity index (χ0n) is 11.0. The molecule has 108 valence electrons. The Morgan fingerprint density at radius 2 is 1.90 bits per heavy atom. The van der Waals surface area contributed by atoms with E-state index in [4.69, 9.17) is 16.7 Å². The van der Waals surface area contributed by atoms with Crippen molar-refractivity contribution in [2.24, 2.45) is 16.6 Å². The summed E-state index contributed by atoms with van der Waals surface area (Å²) in [7, 11) is 0. The molecule has 0 radical (unpaired) electrons. The van der Waals surface area contributed by atoms with E-state index in [0.29, 0.717) is 36.9 Å². The van der Waals surface area contributed by atoms with E-state index in [1.54, 1.807) is 18.2 Å². The number of amides is 2. The molecular formula is C13H18N4O3. The molecule has 2 amide bonds. The van der Waals surface area contributed by atoms with Crippen molar-refractivity contribution < 1.29 is 14.8 Å². The van der Waals surface area contributed by atoms with Crippen molar-refractivity contribution in [3.8, 4) is 0 Å². The standard InChI is InChI=1S/C13H18N4O3/c14-11(18)6-1-2-7-16-13(19)10-5-3-4-9(8-10)12(15)17-20/h3-5,8,20H,1-2,6-7H2,(H2,14,18)(H2,15,17)(H,16,19). The van der Waals surface area contributed by atoms with Gasteiger partial charge in [-0.3, -0.25) is 9.59 Å². The van der Waals surface area contributed by atoms with Gasteiger partial charge in [-0.1, -0.05) is 17.3 Å².